The average Bonchev–Trinajstić information content (AvgIpc) is 3.50. The van der Waals surface area contributed by atoms with Gasteiger partial charge in [0.25, 0.3) is 0 Å². The summed E-state index contributed by atoms with van der Waals surface area (Å²) in [6.07, 6.45) is 2.84. The lowest BCUT2D eigenvalue weighted by Gasteiger charge is -2.20. The van der Waals surface area contributed by atoms with Gasteiger partial charge in [0.2, 0.25) is 5.91 Å². The van der Waals surface area contributed by atoms with Crippen LogP contribution >= 0.6 is 55.1 Å². The molecule has 0 radical (unpaired) electrons. The maximum Gasteiger partial charge on any atom is 0.322 e. The number of hydrogen-bond donors (Lipinski definition) is 2. The molecule has 2 aliphatic rings. The summed E-state index contributed by atoms with van der Waals surface area (Å²) in [7, 11) is 0. The molecule has 4 rings (SSSR count). The van der Waals surface area contributed by atoms with Gasteiger partial charge < -0.3 is 15.8 Å². The molecule has 0 atom stereocenters. The van der Waals surface area contributed by atoms with Crippen molar-refractivity contribution < 1.29 is 14.3 Å². The summed E-state index contributed by atoms with van der Waals surface area (Å²) in [5.41, 5.74) is 6.56. The molecule has 2 aliphatic carbocycles. The Morgan fingerprint density at radius 1 is 1.07 bits per heavy atom. The highest BCUT2D eigenvalue weighted by molar-refractivity contribution is 9.10. The first-order valence-corrected chi connectivity index (χ1v) is 11.3. The zero-order valence-corrected chi connectivity index (χ0v) is 19.7. The maximum absolute atomic E-state index is 13.2. The Balaban J connectivity index is 1.66. The Kier molecular flexibility index (Phi) is 5.61. The fourth-order valence-corrected chi connectivity index (χ4v) is 5.17. The largest absolute Gasteiger partial charge is 0.422 e. The van der Waals surface area contributed by atoms with E-state index in [2.05, 4.69) is 37.2 Å². The number of amides is 1. The van der Waals surface area contributed by atoms with Crippen molar-refractivity contribution in [2.45, 2.75) is 31.1 Å². The van der Waals surface area contributed by atoms with Crippen molar-refractivity contribution in [2.24, 2.45) is 5.92 Å². The molecule has 0 unspecified atom stereocenters. The van der Waals surface area contributed by atoms with Crippen molar-refractivity contribution >= 4 is 78.3 Å². The van der Waals surface area contributed by atoms with E-state index in [4.69, 9.17) is 33.7 Å². The molecule has 3 N–H and O–H groups in total. The molecule has 152 valence electrons. The Hall–Kier alpha value is -1.28. The second kappa shape index (κ2) is 7.76. The van der Waals surface area contributed by atoms with E-state index in [-0.39, 0.29) is 22.6 Å². The van der Waals surface area contributed by atoms with Gasteiger partial charge in [-0.25, -0.2) is 0 Å². The molecular formula is C20H16Br2Cl2N2O3. The zero-order chi connectivity index (χ0) is 20.9. The molecule has 1 amide bonds. The van der Waals surface area contributed by atoms with Crippen LogP contribution in [0.2, 0.25) is 10.0 Å². The Bertz CT molecular complexity index is 1010. The van der Waals surface area contributed by atoms with Crippen molar-refractivity contribution in [2.75, 3.05) is 11.1 Å². The lowest BCUT2D eigenvalue weighted by Crippen LogP contribution is -2.28. The molecule has 5 nitrogen and oxygen atoms in total. The molecule has 0 aliphatic heterocycles. The van der Waals surface area contributed by atoms with Crippen LogP contribution in [0.3, 0.4) is 0 Å². The van der Waals surface area contributed by atoms with Gasteiger partial charge in [-0.15, -0.1) is 0 Å². The van der Waals surface area contributed by atoms with Gasteiger partial charge in [-0.3, -0.25) is 9.59 Å². The number of nitrogen functional groups attached to an aromatic ring is 1. The van der Waals surface area contributed by atoms with E-state index in [0.717, 1.165) is 17.3 Å². The summed E-state index contributed by atoms with van der Waals surface area (Å²) in [5.74, 6) is -0.503. The van der Waals surface area contributed by atoms with Crippen molar-refractivity contribution in [1.29, 1.82) is 0 Å². The standard InChI is InChI=1S/C20H16Br2Cl2N2O3/c21-10-5-12(23)16(14(25)7-10)20(3-4-20)19(28)29-17-13(24)6-11(22)8-15(17)26-18(27)9-1-2-9/h5-9H,1-4,25H2,(H,26,27). The highest BCUT2D eigenvalue weighted by atomic mass is 79.9. The SMILES string of the molecule is Nc1cc(Br)cc(Cl)c1C1(C(=O)Oc2c(Cl)cc(Br)cc2NC(=O)C2CC2)CC1. The quantitative estimate of drug-likeness (QED) is 0.263. The van der Waals surface area contributed by atoms with Crippen molar-refractivity contribution in [1.82, 2.24) is 0 Å². The van der Waals surface area contributed by atoms with Crippen molar-refractivity contribution in [3.05, 3.63) is 48.8 Å². The van der Waals surface area contributed by atoms with Crippen LogP contribution in [0.1, 0.15) is 31.2 Å². The number of esters is 1. The topological polar surface area (TPSA) is 81.4 Å². The number of carbonyl (C=O) groups is 2. The van der Waals surface area contributed by atoms with Crippen LogP contribution in [-0.2, 0) is 15.0 Å². The van der Waals surface area contributed by atoms with Gasteiger partial charge in [0, 0.05) is 31.1 Å². The minimum Gasteiger partial charge on any atom is -0.422 e. The molecule has 2 aromatic carbocycles. The molecule has 0 heterocycles. The molecule has 0 spiro atoms. The highest BCUT2D eigenvalue weighted by Crippen LogP contribution is 2.54. The van der Waals surface area contributed by atoms with E-state index in [0.29, 0.717) is 39.3 Å². The van der Waals surface area contributed by atoms with Gasteiger partial charge >= 0.3 is 5.97 Å². The summed E-state index contributed by atoms with van der Waals surface area (Å²) in [6.45, 7) is 0. The number of hydrogen-bond acceptors (Lipinski definition) is 4. The lowest BCUT2D eigenvalue weighted by atomic mass is 9.94. The number of benzene rings is 2. The smallest absolute Gasteiger partial charge is 0.322 e. The van der Waals surface area contributed by atoms with Gasteiger partial charge in [0.1, 0.15) is 0 Å². The third-order valence-electron chi connectivity index (χ3n) is 5.11. The first-order chi connectivity index (χ1) is 13.7. The van der Waals surface area contributed by atoms with Gasteiger partial charge in [-0.1, -0.05) is 55.1 Å². The predicted octanol–water partition coefficient (Wildman–Crippen LogP) is 6.09. The van der Waals surface area contributed by atoms with Crippen molar-refractivity contribution in [3.63, 3.8) is 0 Å². The van der Waals surface area contributed by atoms with E-state index in [1.165, 1.54) is 0 Å². The third-order valence-corrected chi connectivity index (χ3v) is 6.61. The number of nitrogens with one attached hydrogen (secondary N) is 1. The van der Waals surface area contributed by atoms with Gasteiger partial charge in [-0.2, -0.15) is 0 Å². The first kappa shape index (κ1) is 21.0. The van der Waals surface area contributed by atoms with Gasteiger partial charge in [-0.05, 0) is 49.9 Å². The highest BCUT2D eigenvalue weighted by Gasteiger charge is 2.55. The van der Waals surface area contributed by atoms with E-state index in [1.807, 2.05) is 0 Å². The summed E-state index contributed by atoms with van der Waals surface area (Å²) in [5, 5.41) is 3.42. The fourth-order valence-electron chi connectivity index (χ4n) is 3.31. The maximum atomic E-state index is 13.2. The van der Waals surface area contributed by atoms with Crippen LogP contribution in [0.4, 0.5) is 11.4 Å². The minimum absolute atomic E-state index is 0.00699. The molecule has 2 saturated carbocycles. The predicted molar refractivity (Wildman–Crippen MR) is 121 cm³/mol. The number of rotatable bonds is 5. The van der Waals surface area contributed by atoms with Gasteiger partial charge in [0.05, 0.1) is 16.1 Å². The Morgan fingerprint density at radius 3 is 2.28 bits per heavy atom. The van der Waals surface area contributed by atoms with Gasteiger partial charge in [0.15, 0.2) is 5.75 Å². The van der Waals surface area contributed by atoms with Crippen LogP contribution in [0.5, 0.6) is 5.75 Å². The van der Waals surface area contributed by atoms with Crippen LogP contribution in [0.25, 0.3) is 0 Å². The van der Waals surface area contributed by atoms with Crippen LogP contribution in [0.15, 0.2) is 33.2 Å². The second-order valence-electron chi connectivity index (χ2n) is 7.35. The summed E-state index contributed by atoms with van der Waals surface area (Å²) in [6, 6.07) is 6.68. The summed E-state index contributed by atoms with van der Waals surface area (Å²) >= 11 is 19.4. The number of carbonyl (C=O) groups excluding carboxylic acids is 2. The lowest BCUT2D eigenvalue weighted by molar-refractivity contribution is -0.137. The number of ether oxygens (including phenoxy) is 1. The number of anilines is 2. The normalized spacial score (nSPS) is 17.0. The molecule has 0 aromatic heterocycles. The molecule has 2 fully saturated rings. The van der Waals surface area contributed by atoms with Crippen LogP contribution in [-0.4, -0.2) is 11.9 Å². The molecule has 0 bridgehead atoms. The third kappa shape index (κ3) is 4.15. The van der Waals surface area contributed by atoms with E-state index >= 15 is 0 Å². The van der Waals surface area contributed by atoms with Crippen LogP contribution < -0.4 is 15.8 Å². The molecule has 29 heavy (non-hydrogen) atoms. The molecular weight excluding hydrogens is 547 g/mol. The van der Waals surface area contributed by atoms with Crippen LogP contribution in [0, 0.1) is 5.92 Å². The Morgan fingerprint density at radius 2 is 1.69 bits per heavy atom. The summed E-state index contributed by atoms with van der Waals surface area (Å²) in [4.78, 5) is 25.4. The van der Waals surface area contributed by atoms with E-state index in [9.17, 15) is 9.59 Å². The zero-order valence-electron chi connectivity index (χ0n) is 15.0. The second-order valence-corrected chi connectivity index (χ2v) is 10.00. The molecule has 0 saturated heterocycles. The first-order valence-electron chi connectivity index (χ1n) is 8.98. The Labute approximate surface area is 194 Å². The molecule has 2 aromatic rings. The van der Waals surface area contributed by atoms with E-state index < -0.39 is 11.4 Å². The summed E-state index contributed by atoms with van der Waals surface area (Å²) < 4.78 is 7.11. The fraction of sp³-hybridized carbons (Fsp3) is 0.300. The van der Waals surface area contributed by atoms with Crippen molar-refractivity contribution in [3.8, 4) is 5.75 Å². The monoisotopic (exact) mass is 560 g/mol. The molecule has 9 heteroatoms. The average molecular weight is 563 g/mol. The number of halogens is 4. The minimum atomic E-state index is -0.921. The van der Waals surface area contributed by atoms with E-state index in [1.54, 1.807) is 24.3 Å². The number of nitrogens with two attached hydrogens (primary N) is 1.